The number of benzene rings is 1. The van der Waals surface area contributed by atoms with Gasteiger partial charge in [-0.3, -0.25) is 0 Å². The molecule has 0 aliphatic heterocycles. The Balaban J connectivity index is 2.24. The maximum Gasteiger partial charge on any atom is 0.119 e. The lowest BCUT2D eigenvalue weighted by molar-refractivity contribution is 0.304. The van der Waals surface area contributed by atoms with Crippen molar-refractivity contribution in [1.29, 1.82) is 0 Å². The van der Waals surface area contributed by atoms with E-state index in [9.17, 15) is 0 Å². The highest BCUT2D eigenvalue weighted by atomic mass is 79.9. The highest BCUT2D eigenvalue weighted by Crippen LogP contribution is 2.26. The molecular weight excluding hydrogens is 314 g/mol. The molecule has 1 N–H and O–H groups in total. The molecule has 0 saturated carbocycles. The van der Waals surface area contributed by atoms with E-state index in [2.05, 4.69) is 61.1 Å². The molecule has 20 heavy (non-hydrogen) atoms. The van der Waals surface area contributed by atoms with E-state index in [1.165, 1.54) is 41.3 Å². The summed E-state index contributed by atoms with van der Waals surface area (Å²) in [6.07, 6.45) is 5.19. The van der Waals surface area contributed by atoms with E-state index in [0.29, 0.717) is 6.04 Å². The first-order chi connectivity index (χ1) is 9.54. The van der Waals surface area contributed by atoms with E-state index in [-0.39, 0.29) is 0 Å². The van der Waals surface area contributed by atoms with Gasteiger partial charge >= 0.3 is 0 Å². The van der Waals surface area contributed by atoms with E-state index >= 15 is 0 Å². The van der Waals surface area contributed by atoms with Gasteiger partial charge in [0.1, 0.15) is 12.4 Å². The fourth-order valence-corrected chi connectivity index (χ4v) is 2.50. The van der Waals surface area contributed by atoms with Gasteiger partial charge in [-0.2, -0.15) is 0 Å². The van der Waals surface area contributed by atoms with Crippen molar-refractivity contribution in [3.05, 3.63) is 27.7 Å². The molecule has 0 saturated heterocycles. The second kappa shape index (κ2) is 9.41. The number of nitrogens with one attached hydrogen (secondary N) is 1. The van der Waals surface area contributed by atoms with E-state index in [4.69, 9.17) is 4.74 Å². The molecule has 1 aromatic rings. The van der Waals surface area contributed by atoms with Gasteiger partial charge in [-0.1, -0.05) is 42.1 Å². The highest BCUT2D eigenvalue weighted by Gasteiger charge is 2.04. The minimum Gasteiger partial charge on any atom is -0.492 e. The van der Waals surface area contributed by atoms with Crippen molar-refractivity contribution in [3.8, 4) is 5.75 Å². The largest absolute Gasteiger partial charge is 0.492 e. The monoisotopic (exact) mass is 341 g/mol. The molecule has 0 fully saturated rings. The quantitative estimate of drug-likeness (QED) is 0.638. The lowest BCUT2D eigenvalue weighted by atomic mass is 10.1. The van der Waals surface area contributed by atoms with Gasteiger partial charge in [0.25, 0.3) is 0 Å². The minimum atomic E-state index is 0.582. The van der Waals surface area contributed by atoms with Crippen LogP contribution in [0, 0.1) is 13.8 Å². The molecule has 3 heteroatoms. The topological polar surface area (TPSA) is 21.3 Å². The Morgan fingerprint density at radius 2 is 1.85 bits per heavy atom. The number of hydrogen-bond donors (Lipinski definition) is 1. The van der Waals surface area contributed by atoms with Gasteiger partial charge < -0.3 is 10.1 Å². The molecule has 2 nitrogen and oxygen atoms in total. The average molecular weight is 342 g/mol. The summed E-state index contributed by atoms with van der Waals surface area (Å²) >= 11 is 3.58. The summed E-state index contributed by atoms with van der Waals surface area (Å²) in [4.78, 5) is 0. The van der Waals surface area contributed by atoms with Crippen LogP contribution in [0.1, 0.15) is 50.7 Å². The Kier molecular flexibility index (Phi) is 8.24. The number of ether oxygens (including phenoxy) is 1. The first-order valence-electron chi connectivity index (χ1n) is 7.67. The smallest absolute Gasteiger partial charge is 0.119 e. The Morgan fingerprint density at radius 1 is 1.20 bits per heavy atom. The number of rotatable bonds is 9. The maximum atomic E-state index is 5.82. The first-order valence-corrected chi connectivity index (χ1v) is 8.46. The third kappa shape index (κ3) is 6.27. The van der Waals surface area contributed by atoms with Crippen LogP contribution < -0.4 is 10.1 Å². The van der Waals surface area contributed by atoms with E-state index in [0.717, 1.165) is 18.9 Å². The predicted molar refractivity (Wildman–Crippen MR) is 90.7 cm³/mol. The molecule has 0 bridgehead atoms. The minimum absolute atomic E-state index is 0.582. The Morgan fingerprint density at radius 3 is 2.45 bits per heavy atom. The van der Waals surface area contributed by atoms with Crippen LogP contribution in [0.3, 0.4) is 0 Å². The summed E-state index contributed by atoms with van der Waals surface area (Å²) in [6, 6.07) is 4.75. The molecule has 0 heterocycles. The molecule has 0 aliphatic carbocycles. The van der Waals surface area contributed by atoms with Gasteiger partial charge in [-0.05, 0) is 50.5 Å². The lowest BCUT2D eigenvalue weighted by Crippen LogP contribution is -2.30. The molecule has 0 spiro atoms. The molecule has 1 unspecified atom stereocenters. The van der Waals surface area contributed by atoms with Crippen LogP contribution in [0.2, 0.25) is 0 Å². The van der Waals surface area contributed by atoms with Crippen LogP contribution >= 0.6 is 15.9 Å². The third-order valence-electron chi connectivity index (χ3n) is 3.51. The average Bonchev–Trinajstić information content (AvgIpc) is 2.41. The SMILES string of the molecule is CCCCCC(C)NCCOc1cc(C)c(Br)c(C)c1. The predicted octanol–water partition coefficient (Wildman–Crippen LogP) is 5.00. The number of aryl methyl sites for hydroxylation is 2. The van der Waals surface area contributed by atoms with Crippen LogP contribution in [0.15, 0.2) is 16.6 Å². The van der Waals surface area contributed by atoms with Crippen LogP contribution in [0.4, 0.5) is 0 Å². The lowest BCUT2D eigenvalue weighted by Gasteiger charge is -2.14. The van der Waals surface area contributed by atoms with Crippen molar-refractivity contribution in [2.45, 2.75) is 59.4 Å². The van der Waals surface area contributed by atoms with Crippen molar-refractivity contribution < 1.29 is 4.74 Å². The molecule has 1 rings (SSSR count). The fourth-order valence-electron chi connectivity index (χ4n) is 2.27. The van der Waals surface area contributed by atoms with Crippen LogP contribution in [-0.4, -0.2) is 19.2 Å². The molecule has 0 radical (unpaired) electrons. The summed E-state index contributed by atoms with van der Waals surface area (Å²) in [5.74, 6) is 0.962. The second-order valence-electron chi connectivity index (χ2n) is 5.57. The van der Waals surface area contributed by atoms with E-state index < -0.39 is 0 Å². The van der Waals surface area contributed by atoms with Crippen molar-refractivity contribution in [1.82, 2.24) is 5.32 Å². The van der Waals surface area contributed by atoms with E-state index in [1.54, 1.807) is 0 Å². The number of halogens is 1. The second-order valence-corrected chi connectivity index (χ2v) is 6.36. The zero-order chi connectivity index (χ0) is 15.0. The Hall–Kier alpha value is -0.540. The Bertz CT molecular complexity index is 383. The zero-order valence-corrected chi connectivity index (χ0v) is 14.8. The van der Waals surface area contributed by atoms with Crippen molar-refractivity contribution >= 4 is 15.9 Å². The zero-order valence-electron chi connectivity index (χ0n) is 13.3. The maximum absolute atomic E-state index is 5.82. The van der Waals surface area contributed by atoms with Crippen LogP contribution in [0.25, 0.3) is 0 Å². The molecule has 0 aromatic heterocycles. The Labute approximate surface area is 132 Å². The van der Waals surface area contributed by atoms with Gasteiger partial charge in [-0.15, -0.1) is 0 Å². The summed E-state index contributed by atoms with van der Waals surface area (Å²) < 4.78 is 6.99. The third-order valence-corrected chi connectivity index (χ3v) is 4.77. The van der Waals surface area contributed by atoms with Gasteiger partial charge in [-0.25, -0.2) is 0 Å². The van der Waals surface area contributed by atoms with Crippen LogP contribution in [-0.2, 0) is 0 Å². The van der Waals surface area contributed by atoms with Gasteiger partial charge in [0.15, 0.2) is 0 Å². The fraction of sp³-hybridized carbons (Fsp3) is 0.647. The molecule has 1 aromatic carbocycles. The molecule has 0 amide bonds. The molecular formula is C17H28BrNO. The summed E-state index contributed by atoms with van der Waals surface area (Å²) in [5, 5.41) is 3.52. The number of hydrogen-bond acceptors (Lipinski definition) is 2. The molecule has 114 valence electrons. The van der Waals surface area contributed by atoms with Crippen LogP contribution in [0.5, 0.6) is 5.75 Å². The molecule has 1 atom stereocenters. The van der Waals surface area contributed by atoms with E-state index in [1.807, 2.05) is 0 Å². The van der Waals surface area contributed by atoms with Crippen molar-refractivity contribution in [2.24, 2.45) is 0 Å². The van der Waals surface area contributed by atoms with Crippen molar-refractivity contribution in [3.63, 3.8) is 0 Å². The first kappa shape index (κ1) is 17.5. The summed E-state index contributed by atoms with van der Waals surface area (Å²) in [6.45, 7) is 10.3. The summed E-state index contributed by atoms with van der Waals surface area (Å²) in [5.41, 5.74) is 2.45. The van der Waals surface area contributed by atoms with Gasteiger partial charge in [0, 0.05) is 17.1 Å². The van der Waals surface area contributed by atoms with Gasteiger partial charge in [0.2, 0.25) is 0 Å². The highest BCUT2D eigenvalue weighted by molar-refractivity contribution is 9.10. The van der Waals surface area contributed by atoms with Gasteiger partial charge in [0.05, 0.1) is 0 Å². The summed E-state index contributed by atoms with van der Waals surface area (Å²) in [7, 11) is 0. The normalized spacial score (nSPS) is 12.4. The number of unbranched alkanes of at least 4 members (excludes halogenated alkanes) is 2. The molecule has 0 aliphatic rings. The van der Waals surface area contributed by atoms with Crippen molar-refractivity contribution in [2.75, 3.05) is 13.2 Å². The standard InChI is InChI=1S/C17H28BrNO/c1-5-6-7-8-15(4)19-9-10-20-16-11-13(2)17(18)14(3)12-16/h11-12,15,19H,5-10H2,1-4H3.